The minimum atomic E-state index is 0.789. The standard InChI is InChI=1S/C52H45NO.C2H6/c1-4-15-43-20-9-10-21-46(43)38-41-28-34-48(35-29-41)53(47-32-26-40(27-33-47)17-14-22-42(5-2)44-18-7-6-8-19-44)49-36-30-45(31-37-49)51-25-13-16-39(3)50-23-11-12-24-52(50)54-51;1-2/h4-16,18-37H,3,17,38H2,1-2H3;1-2H3/b15-4-,16-13-,22-14-,42-5+,51-25-;. The predicted octanol–water partition coefficient (Wildman–Crippen LogP) is 15.0. The van der Waals surface area contributed by atoms with Crippen molar-refractivity contribution < 1.29 is 4.74 Å². The number of hydrogen-bond donors (Lipinski definition) is 0. The van der Waals surface area contributed by atoms with Gasteiger partial charge in [-0.15, -0.1) is 0 Å². The van der Waals surface area contributed by atoms with E-state index in [9.17, 15) is 0 Å². The fraction of sp³-hybridized carbons (Fsp3) is 0.111. The van der Waals surface area contributed by atoms with Crippen molar-refractivity contribution in [2.24, 2.45) is 0 Å². The molecule has 0 aromatic heterocycles. The largest absolute Gasteiger partial charge is 0.456 e. The second-order valence-electron chi connectivity index (χ2n) is 13.3. The highest BCUT2D eigenvalue weighted by molar-refractivity contribution is 5.81. The molecule has 2 heteroatoms. The van der Waals surface area contributed by atoms with Crippen LogP contribution in [0.3, 0.4) is 0 Å². The number of para-hydroxylation sites is 1. The average Bonchev–Trinajstić information content (AvgIpc) is 3.25. The maximum absolute atomic E-state index is 6.46. The monoisotopic (exact) mass is 729 g/mol. The smallest absolute Gasteiger partial charge is 0.135 e. The molecule has 0 amide bonds. The molecule has 0 bridgehead atoms. The molecule has 2 nitrogen and oxygen atoms in total. The minimum absolute atomic E-state index is 0.789. The van der Waals surface area contributed by atoms with E-state index in [-0.39, 0.29) is 0 Å². The molecule has 1 heterocycles. The minimum Gasteiger partial charge on any atom is -0.456 e. The Labute approximate surface area is 334 Å². The van der Waals surface area contributed by atoms with E-state index in [1.807, 2.05) is 56.3 Å². The normalized spacial score (nSPS) is 14.1. The molecule has 0 atom stereocenters. The van der Waals surface area contributed by atoms with Crippen LogP contribution in [0.4, 0.5) is 17.1 Å². The molecule has 1 aliphatic heterocycles. The highest BCUT2D eigenvalue weighted by Gasteiger charge is 2.16. The number of fused-ring (bicyclic) bond motifs is 1. The van der Waals surface area contributed by atoms with Crippen molar-refractivity contribution in [3.63, 3.8) is 0 Å². The van der Waals surface area contributed by atoms with Crippen molar-refractivity contribution in [3.8, 4) is 5.75 Å². The average molecular weight is 730 g/mol. The van der Waals surface area contributed by atoms with E-state index in [1.54, 1.807) is 0 Å². The predicted molar refractivity (Wildman–Crippen MR) is 243 cm³/mol. The van der Waals surface area contributed by atoms with E-state index in [0.29, 0.717) is 0 Å². The van der Waals surface area contributed by atoms with Crippen molar-refractivity contribution in [1.82, 2.24) is 0 Å². The first-order chi connectivity index (χ1) is 27.6. The molecule has 0 aliphatic carbocycles. The van der Waals surface area contributed by atoms with Crippen LogP contribution in [0.25, 0.3) is 23.0 Å². The van der Waals surface area contributed by atoms with Crippen molar-refractivity contribution in [2.75, 3.05) is 4.90 Å². The first-order valence-electron chi connectivity index (χ1n) is 19.6. The number of anilines is 3. The summed E-state index contributed by atoms with van der Waals surface area (Å²) < 4.78 is 6.46. The zero-order valence-electron chi connectivity index (χ0n) is 33.0. The molecule has 0 radical (unpaired) electrons. The Bertz CT molecular complexity index is 2350. The lowest BCUT2D eigenvalue weighted by Gasteiger charge is -2.26. The first kappa shape index (κ1) is 39.1. The molecular weight excluding hydrogens is 679 g/mol. The molecule has 0 spiro atoms. The second-order valence-corrected chi connectivity index (χ2v) is 13.3. The summed E-state index contributed by atoms with van der Waals surface area (Å²) >= 11 is 0. The third kappa shape index (κ3) is 9.71. The lowest BCUT2D eigenvalue weighted by molar-refractivity contribution is 0.513. The van der Waals surface area contributed by atoms with E-state index >= 15 is 0 Å². The zero-order valence-corrected chi connectivity index (χ0v) is 33.0. The number of ether oxygens (including phenoxy) is 1. The molecule has 0 saturated heterocycles. The van der Waals surface area contributed by atoms with E-state index in [0.717, 1.165) is 58.1 Å². The summed E-state index contributed by atoms with van der Waals surface area (Å²) in [6.07, 6.45) is 18.7. The molecule has 1 aliphatic rings. The second kappa shape index (κ2) is 19.6. The number of hydrogen-bond acceptors (Lipinski definition) is 2. The van der Waals surface area contributed by atoms with Crippen LogP contribution in [0.1, 0.15) is 66.6 Å². The summed E-state index contributed by atoms with van der Waals surface area (Å²) in [7, 11) is 0. The van der Waals surface area contributed by atoms with Gasteiger partial charge in [-0.2, -0.15) is 0 Å². The Balaban J connectivity index is 0.00000262. The number of nitrogens with zero attached hydrogens (tertiary/aromatic N) is 1. The third-order valence-corrected chi connectivity index (χ3v) is 9.66. The van der Waals surface area contributed by atoms with E-state index < -0.39 is 0 Å². The summed E-state index contributed by atoms with van der Waals surface area (Å²) in [5.41, 5.74) is 13.7. The van der Waals surface area contributed by atoms with Gasteiger partial charge in [0.15, 0.2) is 0 Å². The molecule has 278 valence electrons. The van der Waals surface area contributed by atoms with Crippen molar-refractivity contribution in [2.45, 2.75) is 40.5 Å². The Kier molecular flexibility index (Phi) is 13.7. The first-order valence-corrected chi connectivity index (χ1v) is 19.6. The van der Waals surface area contributed by atoms with Crippen LogP contribution in [0.15, 0.2) is 201 Å². The van der Waals surface area contributed by atoms with Crippen molar-refractivity contribution >= 4 is 40.0 Å². The SMILES string of the molecule is C=C1/C=C\C=C(\c2ccc(N(c3ccc(C/C=C\C(=C/C)c4ccccc4)cc3)c3ccc(Cc4ccccc4/C=C\C)cc3)cc2)Oc2ccccc21.CC. The van der Waals surface area contributed by atoms with Gasteiger partial charge in [0.25, 0.3) is 0 Å². The summed E-state index contributed by atoms with van der Waals surface area (Å²) in [4.78, 5) is 2.32. The van der Waals surface area contributed by atoms with Gasteiger partial charge in [-0.05, 0) is 126 Å². The summed E-state index contributed by atoms with van der Waals surface area (Å²) in [6, 6.07) is 53.7. The van der Waals surface area contributed by atoms with Gasteiger partial charge in [0.1, 0.15) is 11.5 Å². The van der Waals surface area contributed by atoms with Crippen LogP contribution in [0, 0.1) is 0 Å². The molecular formula is C54H51NO. The molecule has 56 heavy (non-hydrogen) atoms. The number of allylic oxidation sites excluding steroid dienone is 9. The van der Waals surface area contributed by atoms with Gasteiger partial charge in [-0.3, -0.25) is 0 Å². The number of benzene rings is 6. The van der Waals surface area contributed by atoms with Crippen LogP contribution < -0.4 is 9.64 Å². The molecule has 0 unspecified atom stereocenters. The van der Waals surface area contributed by atoms with Gasteiger partial charge in [-0.25, -0.2) is 0 Å². The third-order valence-electron chi connectivity index (χ3n) is 9.66. The zero-order chi connectivity index (χ0) is 39.1. The Morgan fingerprint density at radius 3 is 1.95 bits per heavy atom. The lowest BCUT2D eigenvalue weighted by Crippen LogP contribution is -2.10. The topological polar surface area (TPSA) is 12.5 Å². The fourth-order valence-electron chi connectivity index (χ4n) is 6.80. The fourth-order valence-corrected chi connectivity index (χ4v) is 6.80. The summed E-state index contributed by atoms with van der Waals surface area (Å²) in [6.45, 7) is 12.4. The molecule has 0 N–H and O–H groups in total. The van der Waals surface area contributed by atoms with E-state index in [1.165, 1.54) is 33.4 Å². The summed E-state index contributed by atoms with van der Waals surface area (Å²) in [5, 5.41) is 0. The van der Waals surface area contributed by atoms with Gasteiger partial charge in [0.05, 0.1) is 0 Å². The highest BCUT2D eigenvalue weighted by atomic mass is 16.5. The quantitative estimate of drug-likeness (QED) is 0.123. The van der Waals surface area contributed by atoms with Crippen LogP contribution in [0.2, 0.25) is 0 Å². The van der Waals surface area contributed by atoms with Crippen LogP contribution in [0.5, 0.6) is 5.75 Å². The Hall–Kier alpha value is -6.64. The van der Waals surface area contributed by atoms with Crippen LogP contribution >= 0.6 is 0 Å². The van der Waals surface area contributed by atoms with E-state index in [4.69, 9.17) is 4.74 Å². The van der Waals surface area contributed by atoms with Crippen molar-refractivity contribution in [3.05, 3.63) is 240 Å². The van der Waals surface area contributed by atoms with Gasteiger partial charge < -0.3 is 9.64 Å². The maximum atomic E-state index is 6.46. The van der Waals surface area contributed by atoms with Gasteiger partial charge >= 0.3 is 0 Å². The lowest BCUT2D eigenvalue weighted by atomic mass is 9.99. The van der Waals surface area contributed by atoms with Gasteiger partial charge in [0, 0.05) is 28.2 Å². The molecule has 6 aromatic carbocycles. The van der Waals surface area contributed by atoms with Crippen LogP contribution in [-0.4, -0.2) is 0 Å². The Morgan fingerprint density at radius 1 is 0.661 bits per heavy atom. The van der Waals surface area contributed by atoms with Crippen LogP contribution in [-0.2, 0) is 12.8 Å². The highest BCUT2D eigenvalue weighted by Crippen LogP contribution is 2.37. The number of rotatable bonds is 11. The molecule has 7 rings (SSSR count). The molecule has 0 saturated carbocycles. The van der Waals surface area contributed by atoms with E-state index in [2.05, 4.69) is 183 Å². The van der Waals surface area contributed by atoms with Gasteiger partial charge in [-0.1, -0.05) is 160 Å². The summed E-state index contributed by atoms with van der Waals surface area (Å²) in [5.74, 6) is 1.59. The molecule has 6 aromatic rings. The van der Waals surface area contributed by atoms with Gasteiger partial charge in [0.2, 0.25) is 0 Å². The van der Waals surface area contributed by atoms with Crippen molar-refractivity contribution in [1.29, 1.82) is 0 Å². The molecule has 0 fully saturated rings. The Morgan fingerprint density at radius 2 is 1.27 bits per heavy atom. The maximum Gasteiger partial charge on any atom is 0.135 e.